The molecule has 1 amide bonds. The smallest absolute Gasteiger partial charge is 0.249 e. The minimum Gasteiger partial charge on any atom is -0.345 e. The van der Waals surface area contributed by atoms with Crippen molar-refractivity contribution in [3.63, 3.8) is 0 Å². The Bertz CT molecular complexity index is 771. The van der Waals surface area contributed by atoms with Crippen molar-refractivity contribution in [2.75, 3.05) is 0 Å². The van der Waals surface area contributed by atoms with E-state index in [9.17, 15) is 4.79 Å². The summed E-state index contributed by atoms with van der Waals surface area (Å²) in [7, 11) is 0. The lowest BCUT2D eigenvalue weighted by Gasteiger charge is -2.09. The third kappa shape index (κ3) is 3.97. The van der Waals surface area contributed by atoms with E-state index < -0.39 is 0 Å². The Morgan fingerprint density at radius 1 is 1.42 bits per heavy atom. The van der Waals surface area contributed by atoms with Crippen LogP contribution in [-0.2, 0) is 11.3 Å². The van der Waals surface area contributed by atoms with Crippen LogP contribution in [0, 0.1) is 0 Å². The summed E-state index contributed by atoms with van der Waals surface area (Å²) in [5.74, 6) is 0.628. The molecule has 0 bridgehead atoms. The van der Waals surface area contributed by atoms with E-state index in [0.29, 0.717) is 36.8 Å². The van der Waals surface area contributed by atoms with Crippen LogP contribution in [0.15, 0.2) is 35.2 Å². The molecule has 0 saturated heterocycles. The lowest BCUT2D eigenvalue weighted by Crippen LogP contribution is -2.26. The number of carbonyl (C=O) groups is 1. The van der Waals surface area contributed by atoms with Gasteiger partial charge in [-0.1, -0.05) is 11.2 Å². The minimum absolute atomic E-state index is 0.104. The van der Waals surface area contributed by atoms with Crippen LogP contribution in [0.4, 0.5) is 0 Å². The fourth-order valence-electron chi connectivity index (χ4n) is 2.07. The molecule has 0 unspecified atom stereocenters. The van der Waals surface area contributed by atoms with Crippen LogP contribution in [0.25, 0.3) is 11.5 Å². The predicted molar refractivity (Wildman–Crippen MR) is 81.1 cm³/mol. The van der Waals surface area contributed by atoms with E-state index in [-0.39, 0.29) is 11.9 Å². The Hall–Kier alpha value is -3.17. The molecule has 0 spiro atoms. The number of aryl methyl sites for hydroxylation is 1. The summed E-state index contributed by atoms with van der Waals surface area (Å²) in [5.41, 5.74) is 0.618. The highest BCUT2D eigenvalue weighted by Crippen LogP contribution is 2.16. The molecule has 124 valence electrons. The predicted octanol–water partition coefficient (Wildman–Crippen LogP) is 0.776. The maximum absolute atomic E-state index is 12.0. The van der Waals surface area contributed by atoms with Gasteiger partial charge in [0.05, 0.1) is 0 Å². The van der Waals surface area contributed by atoms with E-state index in [0.717, 1.165) is 0 Å². The van der Waals surface area contributed by atoms with Gasteiger partial charge >= 0.3 is 0 Å². The fraction of sp³-hybridized carbons (Fsp3) is 0.357. The van der Waals surface area contributed by atoms with E-state index in [4.69, 9.17) is 4.52 Å². The SMILES string of the molecule is C[C@@H](NC(=O)CCCn1cnnn1)c1nc(-c2ccccn2)no1. The molecule has 0 aromatic carbocycles. The molecule has 3 aromatic heterocycles. The Morgan fingerprint density at radius 2 is 2.33 bits per heavy atom. The molecule has 0 aliphatic carbocycles. The van der Waals surface area contributed by atoms with Gasteiger partial charge < -0.3 is 9.84 Å². The maximum Gasteiger partial charge on any atom is 0.249 e. The molecular weight excluding hydrogens is 312 g/mol. The first kappa shape index (κ1) is 15.7. The number of nitrogens with zero attached hydrogens (tertiary/aromatic N) is 7. The molecule has 1 atom stereocenters. The standard InChI is InChI=1S/C14H16N8O2/c1-10(17-12(23)6-4-8-22-9-16-20-21-22)14-18-13(19-24-14)11-5-2-3-7-15-11/h2-3,5,7,9-10H,4,6,8H2,1H3,(H,17,23)/t10-/m1/s1. The Kier molecular flexibility index (Phi) is 4.84. The number of rotatable bonds is 7. The zero-order valence-electron chi connectivity index (χ0n) is 13.0. The number of tetrazole rings is 1. The van der Waals surface area contributed by atoms with Gasteiger partial charge in [-0.3, -0.25) is 9.78 Å². The molecule has 3 rings (SSSR count). The molecule has 1 N–H and O–H groups in total. The molecule has 10 nitrogen and oxygen atoms in total. The molecule has 0 aliphatic rings. The van der Waals surface area contributed by atoms with E-state index >= 15 is 0 Å². The van der Waals surface area contributed by atoms with Crippen molar-refractivity contribution in [1.82, 2.24) is 40.6 Å². The van der Waals surface area contributed by atoms with Gasteiger partial charge in [0.15, 0.2) is 0 Å². The van der Waals surface area contributed by atoms with E-state index in [1.807, 2.05) is 12.1 Å². The molecule has 3 heterocycles. The number of carbonyl (C=O) groups excluding carboxylic acids is 1. The van der Waals surface area contributed by atoms with Crippen molar-refractivity contribution < 1.29 is 9.32 Å². The number of amides is 1. The average molecular weight is 328 g/mol. The zero-order chi connectivity index (χ0) is 16.8. The first-order valence-corrected chi connectivity index (χ1v) is 7.47. The highest BCUT2D eigenvalue weighted by atomic mass is 16.5. The summed E-state index contributed by atoms with van der Waals surface area (Å²) >= 11 is 0. The van der Waals surface area contributed by atoms with Crippen LogP contribution >= 0.6 is 0 Å². The highest BCUT2D eigenvalue weighted by molar-refractivity contribution is 5.76. The van der Waals surface area contributed by atoms with Crippen LogP contribution in [-0.4, -0.2) is 41.2 Å². The Labute approximate surface area is 137 Å². The van der Waals surface area contributed by atoms with E-state index in [1.54, 1.807) is 23.9 Å². The normalized spacial score (nSPS) is 12.0. The van der Waals surface area contributed by atoms with Gasteiger partial charge in [0.1, 0.15) is 18.1 Å². The summed E-state index contributed by atoms with van der Waals surface area (Å²) in [6, 6.07) is 5.06. The third-order valence-corrected chi connectivity index (χ3v) is 3.27. The van der Waals surface area contributed by atoms with Crippen LogP contribution in [0.5, 0.6) is 0 Å². The number of aromatic nitrogens is 7. The minimum atomic E-state index is -0.379. The van der Waals surface area contributed by atoms with Gasteiger partial charge in [-0.15, -0.1) is 5.10 Å². The first-order valence-electron chi connectivity index (χ1n) is 7.47. The van der Waals surface area contributed by atoms with Gasteiger partial charge in [0.2, 0.25) is 17.6 Å². The van der Waals surface area contributed by atoms with Crippen molar-refractivity contribution in [1.29, 1.82) is 0 Å². The van der Waals surface area contributed by atoms with Gasteiger partial charge in [-0.05, 0) is 35.9 Å². The topological polar surface area (TPSA) is 125 Å². The van der Waals surface area contributed by atoms with Crippen LogP contribution < -0.4 is 5.32 Å². The molecular formula is C14H16N8O2. The lowest BCUT2D eigenvalue weighted by molar-refractivity contribution is -0.122. The second kappa shape index (κ2) is 7.40. The average Bonchev–Trinajstić information content (AvgIpc) is 3.27. The number of hydrogen-bond acceptors (Lipinski definition) is 8. The monoisotopic (exact) mass is 328 g/mol. The molecule has 0 aliphatic heterocycles. The quantitative estimate of drug-likeness (QED) is 0.674. The number of nitrogens with one attached hydrogen (secondary N) is 1. The number of pyridine rings is 1. The second-order valence-corrected chi connectivity index (χ2v) is 5.14. The van der Waals surface area contributed by atoms with E-state index in [2.05, 4.69) is 36.0 Å². The second-order valence-electron chi connectivity index (χ2n) is 5.14. The summed E-state index contributed by atoms with van der Waals surface area (Å²) in [6.07, 6.45) is 4.15. The Morgan fingerprint density at radius 3 is 3.08 bits per heavy atom. The third-order valence-electron chi connectivity index (χ3n) is 3.27. The van der Waals surface area contributed by atoms with Crippen molar-refractivity contribution in [3.05, 3.63) is 36.6 Å². The first-order chi connectivity index (χ1) is 11.7. The molecule has 24 heavy (non-hydrogen) atoms. The molecule has 0 radical (unpaired) electrons. The van der Waals surface area contributed by atoms with Gasteiger partial charge in [-0.25, -0.2) is 4.68 Å². The molecule has 0 saturated carbocycles. The van der Waals surface area contributed by atoms with Crippen molar-refractivity contribution in [2.24, 2.45) is 0 Å². The van der Waals surface area contributed by atoms with Crippen molar-refractivity contribution in [3.8, 4) is 11.5 Å². The van der Waals surface area contributed by atoms with Crippen LogP contribution in [0.2, 0.25) is 0 Å². The van der Waals surface area contributed by atoms with Gasteiger partial charge in [0, 0.05) is 19.2 Å². The van der Waals surface area contributed by atoms with Gasteiger partial charge in [0.25, 0.3) is 0 Å². The molecule has 3 aromatic rings. The molecule has 0 fully saturated rings. The largest absolute Gasteiger partial charge is 0.345 e. The van der Waals surface area contributed by atoms with Crippen molar-refractivity contribution in [2.45, 2.75) is 32.4 Å². The summed E-state index contributed by atoms with van der Waals surface area (Å²) in [6.45, 7) is 2.37. The van der Waals surface area contributed by atoms with Crippen molar-refractivity contribution >= 4 is 5.91 Å². The lowest BCUT2D eigenvalue weighted by atomic mass is 10.2. The summed E-state index contributed by atoms with van der Waals surface area (Å²) < 4.78 is 6.78. The summed E-state index contributed by atoms with van der Waals surface area (Å²) in [5, 5.41) is 17.5. The summed E-state index contributed by atoms with van der Waals surface area (Å²) in [4.78, 5) is 20.4. The maximum atomic E-state index is 12.0. The molecule has 10 heteroatoms. The Balaban J connectivity index is 1.50. The van der Waals surface area contributed by atoms with Gasteiger partial charge in [-0.2, -0.15) is 4.98 Å². The highest BCUT2D eigenvalue weighted by Gasteiger charge is 2.17. The van der Waals surface area contributed by atoms with E-state index in [1.165, 1.54) is 6.33 Å². The number of hydrogen-bond donors (Lipinski definition) is 1. The zero-order valence-corrected chi connectivity index (χ0v) is 13.0. The van der Waals surface area contributed by atoms with Crippen LogP contribution in [0.1, 0.15) is 31.7 Å². The fourth-order valence-corrected chi connectivity index (χ4v) is 2.07. The van der Waals surface area contributed by atoms with Crippen LogP contribution in [0.3, 0.4) is 0 Å².